The highest BCUT2D eigenvalue weighted by molar-refractivity contribution is 6.35. The predicted octanol–water partition coefficient (Wildman–Crippen LogP) is 6.27. The Bertz CT molecular complexity index is 1010. The van der Waals surface area contributed by atoms with Gasteiger partial charge in [0.25, 0.3) is 0 Å². The van der Waals surface area contributed by atoms with Crippen LogP contribution in [-0.4, -0.2) is 48.7 Å². The number of hydrogen-bond donors (Lipinski definition) is 2. The van der Waals surface area contributed by atoms with E-state index in [1.807, 2.05) is 36.1 Å². The maximum atomic E-state index is 13.0. The van der Waals surface area contributed by atoms with Crippen LogP contribution in [0.2, 0.25) is 15.1 Å². The van der Waals surface area contributed by atoms with Gasteiger partial charge in [-0.15, -0.1) is 0 Å². The number of carbonyl (C=O) groups is 1. The Kier molecular flexibility index (Phi) is 8.52. The van der Waals surface area contributed by atoms with Crippen LogP contribution in [0.25, 0.3) is 0 Å². The molecule has 1 amide bonds. The summed E-state index contributed by atoms with van der Waals surface area (Å²) in [4.78, 5) is 17.3. The van der Waals surface area contributed by atoms with Crippen molar-refractivity contribution in [1.29, 1.82) is 0 Å². The highest BCUT2D eigenvalue weighted by atomic mass is 35.5. The minimum Gasteiger partial charge on any atom is -0.396 e. The minimum atomic E-state index is -0.0480. The van der Waals surface area contributed by atoms with Gasteiger partial charge in [0.1, 0.15) is 0 Å². The Morgan fingerprint density at radius 1 is 1.06 bits per heavy atom. The van der Waals surface area contributed by atoms with Gasteiger partial charge in [-0.3, -0.25) is 4.79 Å². The van der Waals surface area contributed by atoms with E-state index >= 15 is 0 Å². The lowest BCUT2D eigenvalue weighted by molar-refractivity contribution is -0.138. The van der Waals surface area contributed by atoms with Crippen molar-refractivity contribution in [3.05, 3.63) is 57.0 Å². The molecule has 2 aromatic rings. The van der Waals surface area contributed by atoms with E-state index in [0.29, 0.717) is 21.6 Å². The summed E-state index contributed by atoms with van der Waals surface area (Å²) in [6.45, 7) is 5.37. The van der Waals surface area contributed by atoms with E-state index in [4.69, 9.17) is 34.8 Å². The Hall–Kier alpha value is -1.66. The van der Waals surface area contributed by atoms with Crippen LogP contribution in [-0.2, 0) is 4.79 Å². The number of nitrogens with zero attached hydrogens (tertiary/aromatic N) is 2. The van der Waals surface area contributed by atoms with Crippen molar-refractivity contribution in [2.75, 3.05) is 43.0 Å². The lowest BCUT2D eigenvalue weighted by Crippen LogP contribution is -2.46. The highest BCUT2D eigenvalue weighted by Crippen LogP contribution is 2.34. The maximum Gasteiger partial charge on any atom is 0.225 e. The molecular formula is C26H32Cl3N3O2. The number of aliphatic hydroxyl groups excluding tert-OH is 1. The molecule has 34 heavy (non-hydrogen) atoms. The number of nitrogens with one attached hydrogen (secondary N) is 1. The first-order chi connectivity index (χ1) is 16.4. The third-order valence-corrected chi connectivity index (χ3v) is 7.94. The molecule has 0 saturated carbocycles. The van der Waals surface area contributed by atoms with Crippen molar-refractivity contribution < 1.29 is 9.90 Å². The number of anilines is 2. The van der Waals surface area contributed by atoms with Gasteiger partial charge in [0.15, 0.2) is 0 Å². The van der Waals surface area contributed by atoms with Crippen molar-refractivity contribution in [1.82, 2.24) is 4.90 Å². The lowest BCUT2D eigenvalue weighted by atomic mass is 9.92. The molecule has 2 atom stereocenters. The summed E-state index contributed by atoms with van der Waals surface area (Å²) in [7, 11) is 0. The van der Waals surface area contributed by atoms with Crippen LogP contribution in [0.15, 0.2) is 36.4 Å². The van der Waals surface area contributed by atoms with Gasteiger partial charge in [0, 0.05) is 54.4 Å². The Morgan fingerprint density at radius 3 is 2.53 bits per heavy atom. The first-order valence-corrected chi connectivity index (χ1v) is 13.1. The normalized spacial score (nSPS) is 20.3. The van der Waals surface area contributed by atoms with Crippen LogP contribution < -0.4 is 10.2 Å². The first kappa shape index (κ1) is 25.4. The number of aliphatic hydroxyl groups is 1. The average molecular weight is 525 g/mol. The van der Waals surface area contributed by atoms with Crippen molar-refractivity contribution in [2.24, 2.45) is 11.8 Å². The zero-order valence-corrected chi connectivity index (χ0v) is 21.7. The number of halogens is 3. The highest BCUT2D eigenvalue weighted by Gasteiger charge is 2.31. The third kappa shape index (κ3) is 5.93. The molecular weight excluding hydrogens is 493 g/mol. The summed E-state index contributed by atoms with van der Waals surface area (Å²) in [5.41, 5.74) is 2.89. The molecule has 0 radical (unpaired) electrons. The molecule has 2 heterocycles. The van der Waals surface area contributed by atoms with Crippen LogP contribution in [0.1, 0.15) is 44.2 Å². The zero-order valence-electron chi connectivity index (χ0n) is 19.4. The third-order valence-electron chi connectivity index (χ3n) is 7.05. The summed E-state index contributed by atoms with van der Waals surface area (Å²) < 4.78 is 0. The number of hydrogen-bond acceptors (Lipinski definition) is 4. The molecule has 184 valence electrons. The van der Waals surface area contributed by atoms with E-state index in [1.54, 1.807) is 6.07 Å². The van der Waals surface area contributed by atoms with Gasteiger partial charge in [-0.2, -0.15) is 0 Å². The summed E-state index contributed by atoms with van der Waals surface area (Å²) >= 11 is 18.9. The van der Waals surface area contributed by atoms with E-state index < -0.39 is 0 Å². The second-order valence-corrected chi connectivity index (χ2v) is 10.7. The van der Waals surface area contributed by atoms with Crippen molar-refractivity contribution in [2.45, 2.75) is 38.6 Å². The Balaban J connectivity index is 1.38. The van der Waals surface area contributed by atoms with Gasteiger partial charge in [0.2, 0.25) is 5.91 Å². The summed E-state index contributed by atoms with van der Waals surface area (Å²) in [5.74, 6) is 0.540. The predicted molar refractivity (Wildman–Crippen MR) is 141 cm³/mol. The molecule has 0 aliphatic carbocycles. The Labute approximate surface area is 217 Å². The van der Waals surface area contributed by atoms with Gasteiger partial charge in [-0.1, -0.05) is 40.9 Å². The minimum absolute atomic E-state index is 0.0480. The first-order valence-electron chi connectivity index (χ1n) is 12.0. The molecule has 1 unspecified atom stereocenters. The molecule has 8 heteroatoms. The number of piperidine rings is 2. The largest absolute Gasteiger partial charge is 0.396 e. The van der Waals surface area contributed by atoms with Crippen LogP contribution in [0.4, 0.5) is 11.4 Å². The number of amides is 1. The van der Waals surface area contributed by atoms with E-state index in [9.17, 15) is 9.90 Å². The molecule has 2 aromatic carbocycles. The van der Waals surface area contributed by atoms with Gasteiger partial charge >= 0.3 is 0 Å². The molecule has 2 aliphatic heterocycles. The number of likely N-dealkylation sites (tertiary alicyclic amines) is 1. The number of benzene rings is 2. The summed E-state index contributed by atoms with van der Waals surface area (Å²) in [6, 6.07) is 11.5. The van der Waals surface area contributed by atoms with Crippen LogP contribution in [0.3, 0.4) is 0 Å². The topological polar surface area (TPSA) is 55.8 Å². The smallest absolute Gasteiger partial charge is 0.225 e. The number of carbonyl (C=O) groups excluding carboxylic acids is 1. The molecule has 0 aromatic heterocycles. The second-order valence-electron chi connectivity index (χ2n) is 9.43. The fraction of sp³-hybridized carbons (Fsp3) is 0.500. The molecule has 5 nitrogen and oxygen atoms in total. The Morgan fingerprint density at radius 2 is 1.82 bits per heavy atom. The van der Waals surface area contributed by atoms with Crippen LogP contribution >= 0.6 is 34.8 Å². The van der Waals surface area contributed by atoms with Gasteiger partial charge < -0.3 is 20.2 Å². The summed E-state index contributed by atoms with van der Waals surface area (Å²) in [5, 5.41) is 14.8. The molecule has 2 aliphatic rings. The summed E-state index contributed by atoms with van der Waals surface area (Å²) in [6.07, 6.45) is 3.66. The monoisotopic (exact) mass is 523 g/mol. The number of rotatable bonds is 6. The molecule has 0 spiro atoms. The fourth-order valence-electron chi connectivity index (χ4n) is 5.04. The quantitative estimate of drug-likeness (QED) is 0.468. The van der Waals surface area contributed by atoms with Crippen molar-refractivity contribution in [3.63, 3.8) is 0 Å². The van der Waals surface area contributed by atoms with E-state index in [0.717, 1.165) is 62.3 Å². The molecule has 2 N–H and O–H groups in total. The van der Waals surface area contributed by atoms with E-state index in [-0.39, 0.29) is 30.4 Å². The van der Waals surface area contributed by atoms with E-state index in [2.05, 4.69) is 16.3 Å². The van der Waals surface area contributed by atoms with E-state index in [1.165, 1.54) is 0 Å². The standard InChI is InChI=1S/C26H32Cl3N3O2/c1-17(22-6-4-20(27)13-24(22)29)30-25-14-21(5-7-23(25)28)31-11-8-19(9-12-31)26(34)32-10-2-3-18(15-32)16-33/h4-7,13-14,17-19,30,33H,2-3,8-12,15-16H2,1H3/t17-,18?/m1/s1. The lowest BCUT2D eigenvalue weighted by Gasteiger charge is -2.38. The second kappa shape index (κ2) is 11.4. The SMILES string of the molecule is C[C@@H](Nc1cc(N2CCC(C(=O)N3CCCC(CO)C3)CC2)ccc1Cl)c1ccc(Cl)cc1Cl. The molecule has 0 bridgehead atoms. The van der Waals surface area contributed by atoms with Gasteiger partial charge in [-0.05, 0) is 74.4 Å². The van der Waals surface area contributed by atoms with Crippen LogP contribution in [0, 0.1) is 11.8 Å². The fourth-order valence-corrected chi connectivity index (χ4v) is 5.79. The van der Waals surface area contributed by atoms with Crippen molar-refractivity contribution >= 4 is 52.1 Å². The maximum absolute atomic E-state index is 13.0. The van der Waals surface area contributed by atoms with Gasteiger partial charge in [-0.25, -0.2) is 0 Å². The molecule has 2 fully saturated rings. The molecule has 4 rings (SSSR count). The van der Waals surface area contributed by atoms with Gasteiger partial charge in [0.05, 0.1) is 16.8 Å². The van der Waals surface area contributed by atoms with Crippen molar-refractivity contribution in [3.8, 4) is 0 Å². The zero-order chi connectivity index (χ0) is 24.2. The molecule has 2 saturated heterocycles. The van der Waals surface area contributed by atoms with Crippen LogP contribution in [0.5, 0.6) is 0 Å². The average Bonchev–Trinajstić information content (AvgIpc) is 2.85.